The van der Waals surface area contributed by atoms with E-state index in [4.69, 9.17) is 10.7 Å². The summed E-state index contributed by atoms with van der Waals surface area (Å²) in [5.41, 5.74) is 7.67. The van der Waals surface area contributed by atoms with E-state index >= 15 is 0 Å². The molecule has 2 fully saturated rings. The number of hydrogen-bond donors (Lipinski definition) is 1. The fourth-order valence-electron chi connectivity index (χ4n) is 3.03. The Balaban J connectivity index is 1.97. The lowest BCUT2D eigenvalue weighted by atomic mass is 10.0. The van der Waals surface area contributed by atoms with Crippen LogP contribution in [0.4, 0.5) is 5.82 Å². The van der Waals surface area contributed by atoms with Crippen LogP contribution in [-0.4, -0.2) is 9.97 Å². The molecule has 2 aliphatic carbocycles. The molecule has 18 heavy (non-hydrogen) atoms. The van der Waals surface area contributed by atoms with Crippen molar-refractivity contribution in [1.29, 1.82) is 0 Å². The van der Waals surface area contributed by atoms with Crippen molar-refractivity contribution < 1.29 is 0 Å². The topological polar surface area (TPSA) is 51.8 Å². The molecule has 1 atom stereocenters. The molecule has 0 saturated heterocycles. The minimum absolute atomic E-state index is 0.367. The first-order valence-corrected chi connectivity index (χ1v) is 7.90. The van der Waals surface area contributed by atoms with Crippen LogP contribution in [-0.2, 0) is 0 Å². The highest BCUT2D eigenvalue weighted by atomic mass is 127. The van der Waals surface area contributed by atoms with Gasteiger partial charge in [0.05, 0.1) is 9.26 Å². The normalized spacial score (nSPS) is 26.5. The largest absolute Gasteiger partial charge is 0.383 e. The third-order valence-corrected chi connectivity index (χ3v) is 5.59. The lowest BCUT2D eigenvalue weighted by Gasteiger charge is -2.14. The maximum atomic E-state index is 6.08. The summed E-state index contributed by atoms with van der Waals surface area (Å²) in [6.45, 7) is 4.56. The van der Waals surface area contributed by atoms with Crippen molar-refractivity contribution in [1.82, 2.24) is 9.97 Å². The summed E-state index contributed by atoms with van der Waals surface area (Å²) in [7, 11) is 0. The number of anilines is 1. The zero-order valence-corrected chi connectivity index (χ0v) is 13.2. The third-order valence-electron chi connectivity index (χ3n) is 4.49. The lowest BCUT2D eigenvalue weighted by molar-refractivity contribution is 0.601. The molecule has 3 nitrogen and oxygen atoms in total. The van der Waals surface area contributed by atoms with Crippen LogP contribution >= 0.6 is 22.6 Å². The molecule has 0 spiro atoms. The van der Waals surface area contributed by atoms with Gasteiger partial charge in [0.1, 0.15) is 11.6 Å². The van der Waals surface area contributed by atoms with E-state index in [1.54, 1.807) is 0 Å². The molecule has 0 radical (unpaired) electrons. The quantitative estimate of drug-likeness (QED) is 0.819. The van der Waals surface area contributed by atoms with E-state index in [-0.39, 0.29) is 0 Å². The predicted molar refractivity (Wildman–Crippen MR) is 81.5 cm³/mol. The highest BCUT2D eigenvalue weighted by molar-refractivity contribution is 14.1. The Morgan fingerprint density at radius 2 is 1.83 bits per heavy atom. The summed E-state index contributed by atoms with van der Waals surface area (Å²) in [5, 5.41) is 0. The van der Waals surface area contributed by atoms with Crippen LogP contribution in [0.3, 0.4) is 0 Å². The van der Waals surface area contributed by atoms with E-state index < -0.39 is 0 Å². The second-order valence-corrected chi connectivity index (χ2v) is 7.47. The van der Waals surface area contributed by atoms with Crippen molar-refractivity contribution in [2.75, 3.05) is 5.73 Å². The van der Waals surface area contributed by atoms with Crippen molar-refractivity contribution in [3.05, 3.63) is 15.1 Å². The molecule has 2 aliphatic rings. The Hall–Kier alpha value is -0.390. The Bertz CT molecular complexity index is 478. The average molecular weight is 357 g/mol. The van der Waals surface area contributed by atoms with Gasteiger partial charge in [-0.25, -0.2) is 9.97 Å². The maximum Gasteiger partial charge on any atom is 0.140 e. The summed E-state index contributed by atoms with van der Waals surface area (Å²) in [5.74, 6) is 2.80. The molecule has 3 rings (SSSR count). The standard InChI is InChI=1S/C14H20IN3/c1-14(2)7-9(14)13-17-11(8-5-3-4-6-8)10(15)12(16)18-13/h8-9H,3-7H2,1-2H3,(H2,16,17,18). The Labute approximate surface area is 122 Å². The molecular weight excluding hydrogens is 337 g/mol. The van der Waals surface area contributed by atoms with Crippen LogP contribution in [0.25, 0.3) is 0 Å². The molecule has 1 aromatic heterocycles. The van der Waals surface area contributed by atoms with Gasteiger partial charge < -0.3 is 5.73 Å². The molecule has 0 bridgehead atoms. The van der Waals surface area contributed by atoms with E-state index in [9.17, 15) is 0 Å². The molecule has 4 heteroatoms. The van der Waals surface area contributed by atoms with Crippen LogP contribution < -0.4 is 5.73 Å². The monoisotopic (exact) mass is 357 g/mol. The van der Waals surface area contributed by atoms with Gasteiger partial charge in [-0.15, -0.1) is 0 Å². The first-order chi connectivity index (χ1) is 8.49. The van der Waals surface area contributed by atoms with Crippen molar-refractivity contribution in [2.24, 2.45) is 5.41 Å². The molecule has 2 N–H and O–H groups in total. The van der Waals surface area contributed by atoms with Gasteiger partial charge in [-0.05, 0) is 47.3 Å². The van der Waals surface area contributed by atoms with Crippen LogP contribution in [0, 0.1) is 8.99 Å². The SMILES string of the molecule is CC1(C)CC1c1nc(N)c(I)c(C2CCCC2)n1. The highest BCUT2D eigenvalue weighted by Gasteiger charge is 2.49. The minimum Gasteiger partial charge on any atom is -0.383 e. The molecule has 0 aliphatic heterocycles. The Morgan fingerprint density at radius 3 is 2.39 bits per heavy atom. The number of rotatable bonds is 2. The van der Waals surface area contributed by atoms with E-state index in [1.807, 2.05) is 0 Å². The van der Waals surface area contributed by atoms with Crippen molar-refractivity contribution >= 4 is 28.4 Å². The number of aromatic nitrogens is 2. The predicted octanol–water partition coefficient (Wildman–Crippen LogP) is 3.83. The third kappa shape index (κ3) is 2.12. The molecule has 1 unspecified atom stereocenters. The summed E-state index contributed by atoms with van der Waals surface area (Å²) < 4.78 is 1.08. The minimum atomic E-state index is 0.367. The molecule has 0 amide bonds. The van der Waals surface area contributed by atoms with E-state index in [0.29, 0.717) is 23.1 Å². The van der Waals surface area contributed by atoms with Crippen molar-refractivity contribution in [2.45, 2.75) is 57.8 Å². The summed E-state index contributed by atoms with van der Waals surface area (Å²) in [6.07, 6.45) is 6.38. The molecular formula is C14H20IN3. The number of halogens is 1. The van der Waals surface area contributed by atoms with Crippen molar-refractivity contribution in [3.8, 4) is 0 Å². The number of nitrogens with zero attached hydrogens (tertiary/aromatic N) is 2. The fourth-order valence-corrected chi connectivity index (χ4v) is 3.72. The van der Waals surface area contributed by atoms with Gasteiger partial charge in [-0.2, -0.15) is 0 Å². The molecule has 0 aromatic carbocycles. The van der Waals surface area contributed by atoms with Crippen LogP contribution in [0.2, 0.25) is 0 Å². The summed E-state index contributed by atoms with van der Waals surface area (Å²) in [4.78, 5) is 9.40. The van der Waals surface area contributed by atoms with Gasteiger partial charge in [-0.3, -0.25) is 0 Å². The maximum absolute atomic E-state index is 6.08. The van der Waals surface area contributed by atoms with Gasteiger partial charge in [0.2, 0.25) is 0 Å². The van der Waals surface area contributed by atoms with Gasteiger partial charge in [0.25, 0.3) is 0 Å². The van der Waals surface area contributed by atoms with E-state index in [2.05, 4.69) is 41.4 Å². The van der Waals surface area contributed by atoms with E-state index in [1.165, 1.54) is 37.8 Å². The first-order valence-electron chi connectivity index (χ1n) is 6.82. The Kier molecular flexibility index (Phi) is 3.03. The van der Waals surface area contributed by atoms with Crippen LogP contribution in [0.5, 0.6) is 0 Å². The van der Waals surface area contributed by atoms with Gasteiger partial charge in [0, 0.05) is 11.8 Å². The van der Waals surface area contributed by atoms with Gasteiger partial charge in [0.15, 0.2) is 0 Å². The van der Waals surface area contributed by atoms with Crippen LogP contribution in [0.15, 0.2) is 0 Å². The number of nitrogen functional groups attached to an aromatic ring is 1. The zero-order valence-electron chi connectivity index (χ0n) is 11.0. The second kappa shape index (κ2) is 4.32. The Morgan fingerprint density at radius 1 is 1.22 bits per heavy atom. The summed E-state index contributed by atoms with van der Waals surface area (Å²) >= 11 is 2.31. The fraction of sp³-hybridized carbons (Fsp3) is 0.714. The van der Waals surface area contributed by atoms with Gasteiger partial charge >= 0.3 is 0 Å². The van der Waals surface area contributed by atoms with Gasteiger partial charge in [-0.1, -0.05) is 26.7 Å². The number of nitrogens with two attached hydrogens (primary N) is 1. The van der Waals surface area contributed by atoms with E-state index in [0.717, 1.165) is 9.39 Å². The smallest absolute Gasteiger partial charge is 0.140 e. The first kappa shape index (κ1) is 12.6. The molecule has 98 valence electrons. The second-order valence-electron chi connectivity index (χ2n) is 6.39. The zero-order chi connectivity index (χ0) is 12.9. The molecule has 2 saturated carbocycles. The average Bonchev–Trinajstić information content (AvgIpc) is 2.78. The summed E-state index contributed by atoms with van der Waals surface area (Å²) in [6, 6.07) is 0. The lowest BCUT2D eigenvalue weighted by Crippen LogP contribution is -2.10. The molecule has 1 aromatic rings. The number of hydrogen-bond acceptors (Lipinski definition) is 3. The molecule has 1 heterocycles. The van der Waals surface area contributed by atoms with Crippen LogP contribution in [0.1, 0.15) is 69.3 Å². The highest BCUT2D eigenvalue weighted by Crippen LogP contribution is 2.58. The van der Waals surface area contributed by atoms with Crippen molar-refractivity contribution in [3.63, 3.8) is 0 Å².